The topological polar surface area (TPSA) is 107 Å². The van der Waals surface area contributed by atoms with Crippen LogP contribution in [0.1, 0.15) is 36.0 Å². The molecular formula is C25H24F2N2O6. The second-order valence-corrected chi connectivity index (χ2v) is 7.57. The molecule has 0 radical (unpaired) electrons. The highest BCUT2D eigenvalue weighted by atomic mass is 19.1. The number of benzene rings is 2. The predicted octanol–water partition coefficient (Wildman–Crippen LogP) is 3.94. The van der Waals surface area contributed by atoms with Gasteiger partial charge in [0.15, 0.2) is 34.9 Å². The molecule has 2 N–H and O–H groups in total. The van der Waals surface area contributed by atoms with Crippen molar-refractivity contribution in [2.75, 3.05) is 7.11 Å². The summed E-state index contributed by atoms with van der Waals surface area (Å²) < 4.78 is 44.0. The van der Waals surface area contributed by atoms with Gasteiger partial charge in [0.1, 0.15) is 18.0 Å². The Morgan fingerprint density at radius 1 is 1.03 bits per heavy atom. The summed E-state index contributed by atoms with van der Waals surface area (Å²) in [5, 5.41) is 12.5. The first kappa shape index (κ1) is 25.4. The minimum absolute atomic E-state index is 0.0430. The Kier molecular flexibility index (Phi) is 8.19. The number of rotatable bonds is 9. The number of hydrogen-bond acceptors (Lipinski definition) is 7. The third-order valence-electron chi connectivity index (χ3n) is 5.03. The fourth-order valence-corrected chi connectivity index (χ4v) is 3.22. The van der Waals surface area contributed by atoms with Gasteiger partial charge in [0.05, 0.1) is 7.11 Å². The van der Waals surface area contributed by atoms with Gasteiger partial charge < -0.3 is 24.6 Å². The molecule has 0 aliphatic carbocycles. The van der Waals surface area contributed by atoms with Crippen LogP contribution in [0.2, 0.25) is 0 Å². The third-order valence-corrected chi connectivity index (χ3v) is 5.03. The van der Waals surface area contributed by atoms with E-state index in [1.165, 1.54) is 33.2 Å². The molecular weight excluding hydrogens is 462 g/mol. The molecule has 0 saturated carbocycles. The molecule has 1 heterocycles. The number of esters is 1. The zero-order valence-electron chi connectivity index (χ0n) is 19.2. The molecule has 1 aromatic heterocycles. The number of aromatic nitrogens is 1. The van der Waals surface area contributed by atoms with E-state index in [4.69, 9.17) is 14.2 Å². The number of carbonyl (C=O) groups excluding carboxylic acids is 2. The number of nitrogens with one attached hydrogen (secondary N) is 1. The smallest absolute Gasteiger partial charge is 0.328 e. The molecule has 3 rings (SSSR count). The second kappa shape index (κ2) is 11.3. The van der Waals surface area contributed by atoms with E-state index in [1.54, 1.807) is 30.3 Å². The zero-order valence-corrected chi connectivity index (χ0v) is 19.2. The maximum Gasteiger partial charge on any atom is 0.328 e. The number of hydrogen-bond donors (Lipinski definition) is 2. The Morgan fingerprint density at radius 3 is 2.43 bits per heavy atom. The number of aromatic hydroxyl groups is 1. The van der Waals surface area contributed by atoms with Crippen molar-refractivity contribution >= 4 is 11.9 Å². The average Bonchev–Trinajstić information content (AvgIpc) is 2.84. The Morgan fingerprint density at radius 2 is 1.74 bits per heavy atom. The highest BCUT2D eigenvalue weighted by molar-refractivity contribution is 5.97. The predicted molar refractivity (Wildman–Crippen MR) is 121 cm³/mol. The number of amides is 1. The second-order valence-electron chi connectivity index (χ2n) is 7.57. The minimum Gasteiger partial charge on any atom is -0.503 e. The van der Waals surface area contributed by atoms with Crippen LogP contribution >= 0.6 is 0 Å². The Hall–Kier alpha value is -4.21. The summed E-state index contributed by atoms with van der Waals surface area (Å²) in [4.78, 5) is 29.0. The van der Waals surface area contributed by atoms with Crippen LogP contribution < -0.4 is 14.8 Å². The molecule has 0 fully saturated rings. The summed E-state index contributed by atoms with van der Waals surface area (Å²) in [5.41, 5.74) is 0.225. The highest BCUT2D eigenvalue weighted by Gasteiger charge is 2.29. The van der Waals surface area contributed by atoms with E-state index in [0.717, 1.165) is 18.2 Å². The van der Waals surface area contributed by atoms with Crippen LogP contribution in [-0.4, -0.2) is 41.2 Å². The molecule has 0 unspecified atom stereocenters. The van der Waals surface area contributed by atoms with Crippen LogP contribution in [0.4, 0.5) is 8.78 Å². The standard InChI is InChI=1S/C25H24F2N2O6/c1-14(29-24(31)21-22(30)19(33-3)11-12-28-21)25(32)34-15(2)23(16-7-5-4-6-8-16)35-20-13-17(26)9-10-18(20)27/h4-15,23,30H,1-3H3,(H,29,31)/t14-,15-,23-/m0/s1. The molecule has 1 amide bonds. The van der Waals surface area contributed by atoms with Crippen LogP contribution in [0.25, 0.3) is 0 Å². The van der Waals surface area contributed by atoms with E-state index in [2.05, 4.69) is 10.3 Å². The Balaban J connectivity index is 1.74. The molecule has 0 spiro atoms. The summed E-state index contributed by atoms with van der Waals surface area (Å²) in [6, 6.07) is 11.6. The molecule has 10 heteroatoms. The normalized spacial score (nSPS) is 13.3. The molecule has 184 valence electrons. The molecule has 0 bridgehead atoms. The van der Waals surface area contributed by atoms with Crippen LogP contribution in [0.15, 0.2) is 60.8 Å². The average molecular weight is 486 g/mol. The first-order valence-electron chi connectivity index (χ1n) is 10.6. The number of nitrogens with zero attached hydrogens (tertiary/aromatic N) is 1. The van der Waals surface area contributed by atoms with Gasteiger partial charge in [0.2, 0.25) is 0 Å². The van der Waals surface area contributed by atoms with Crippen molar-refractivity contribution in [3.63, 3.8) is 0 Å². The quantitative estimate of drug-likeness (QED) is 0.441. The van der Waals surface area contributed by atoms with Crippen molar-refractivity contribution in [1.82, 2.24) is 10.3 Å². The molecule has 3 aromatic rings. The lowest BCUT2D eigenvalue weighted by atomic mass is 10.0. The van der Waals surface area contributed by atoms with E-state index < -0.39 is 47.5 Å². The Labute approximate surface area is 200 Å². The van der Waals surface area contributed by atoms with Crippen molar-refractivity contribution in [1.29, 1.82) is 0 Å². The van der Waals surface area contributed by atoms with Crippen molar-refractivity contribution in [2.45, 2.75) is 32.1 Å². The summed E-state index contributed by atoms with van der Waals surface area (Å²) in [6.45, 7) is 2.91. The maximum absolute atomic E-state index is 14.2. The number of pyridine rings is 1. The van der Waals surface area contributed by atoms with Gasteiger partial charge in [-0.15, -0.1) is 0 Å². The fourth-order valence-electron chi connectivity index (χ4n) is 3.22. The van der Waals surface area contributed by atoms with E-state index in [0.29, 0.717) is 5.56 Å². The van der Waals surface area contributed by atoms with Crippen LogP contribution in [0.3, 0.4) is 0 Å². The van der Waals surface area contributed by atoms with Gasteiger partial charge in [-0.05, 0) is 31.5 Å². The van der Waals surface area contributed by atoms with Gasteiger partial charge in [-0.25, -0.2) is 18.6 Å². The van der Waals surface area contributed by atoms with E-state index in [1.807, 2.05) is 0 Å². The molecule has 3 atom stereocenters. The monoisotopic (exact) mass is 486 g/mol. The maximum atomic E-state index is 14.2. The largest absolute Gasteiger partial charge is 0.503 e. The third kappa shape index (κ3) is 6.23. The highest BCUT2D eigenvalue weighted by Crippen LogP contribution is 2.30. The number of ether oxygens (including phenoxy) is 3. The van der Waals surface area contributed by atoms with Gasteiger partial charge in [-0.3, -0.25) is 4.79 Å². The lowest BCUT2D eigenvalue weighted by Gasteiger charge is -2.27. The van der Waals surface area contributed by atoms with Gasteiger partial charge >= 0.3 is 5.97 Å². The van der Waals surface area contributed by atoms with Gasteiger partial charge in [-0.1, -0.05) is 30.3 Å². The SMILES string of the molecule is COc1ccnc(C(=O)N[C@@H](C)C(=O)O[C@@H](C)[C@H](Oc2cc(F)ccc2F)c2ccccc2)c1O. The lowest BCUT2D eigenvalue weighted by Crippen LogP contribution is -2.42. The van der Waals surface area contributed by atoms with Crippen molar-refractivity contribution in [3.8, 4) is 17.2 Å². The van der Waals surface area contributed by atoms with Gasteiger partial charge in [0, 0.05) is 18.3 Å². The molecule has 0 aliphatic rings. The number of methoxy groups -OCH3 is 1. The first-order chi connectivity index (χ1) is 16.7. The van der Waals surface area contributed by atoms with Crippen LogP contribution in [0.5, 0.6) is 17.2 Å². The van der Waals surface area contributed by atoms with Gasteiger partial charge in [0.25, 0.3) is 5.91 Å². The van der Waals surface area contributed by atoms with Crippen molar-refractivity contribution in [3.05, 3.63) is 83.7 Å². The number of halogens is 2. The van der Waals surface area contributed by atoms with Crippen molar-refractivity contribution in [2.24, 2.45) is 0 Å². The van der Waals surface area contributed by atoms with Gasteiger partial charge in [-0.2, -0.15) is 0 Å². The molecule has 2 aromatic carbocycles. The summed E-state index contributed by atoms with van der Waals surface area (Å²) in [6.07, 6.45) is -0.676. The lowest BCUT2D eigenvalue weighted by molar-refractivity contribution is -0.154. The van der Waals surface area contributed by atoms with E-state index in [9.17, 15) is 23.5 Å². The molecule has 0 aliphatic heterocycles. The molecule has 35 heavy (non-hydrogen) atoms. The van der Waals surface area contributed by atoms with Crippen LogP contribution in [0, 0.1) is 11.6 Å². The first-order valence-corrected chi connectivity index (χ1v) is 10.6. The Bertz CT molecular complexity index is 1190. The van der Waals surface area contributed by atoms with Crippen LogP contribution in [-0.2, 0) is 9.53 Å². The zero-order chi connectivity index (χ0) is 25.5. The summed E-state index contributed by atoms with van der Waals surface area (Å²) in [7, 11) is 1.32. The summed E-state index contributed by atoms with van der Waals surface area (Å²) in [5.74, 6) is -3.89. The van der Waals surface area contributed by atoms with E-state index in [-0.39, 0.29) is 17.2 Å². The molecule has 0 saturated heterocycles. The number of carbonyl (C=O) groups is 2. The fraction of sp³-hybridized carbons (Fsp3) is 0.240. The summed E-state index contributed by atoms with van der Waals surface area (Å²) >= 11 is 0. The van der Waals surface area contributed by atoms with Crippen molar-refractivity contribution < 1.29 is 37.7 Å². The molecule has 8 nitrogen and oxygen atoms in total. The minimum atomic E-state index is -1.14. The van der Waals surface area contributed by atoms with E-state index >= 15 is 0 Å².